The Morgan fingerprint density at radius 1 is 1.13 bits per heavy atom. The highest BCUT2D eigenvalue weighted by molar-refractivity contribution is 9.10. The summed E-state index contributed by atoms with van der Waals surface area (Å²) in [4.78, 5) is 5.18. The van der Waals surface area contributed by atoms with E-state index in [1.807, 2.05) is 36.4 Å². The quantitative estimate of drug-likeness (QED) is 0.466. The monoisotopic (exact) mass is 391 g/mol. The topological polar surface area (TPSA) is 60.5 Å². The minimum Gasteiger partial charge on any atom is -0.417 e. The molecule has 0 N–H and O–H groups in total. The highest BCUT2D eigenvalue weighted by atomic mass is 79.9. The van der Waals surface area contributed by atoms with Gasteiger partial charge in [-0.25, -0.2) is 0 Å². The molecule has 0 fully saturated rings. The van der Waals surface area contributed by atoms with Crippen molar-refractivity contribution in [1.29, 1.82) is 0 Å². The first-order valence-electron chi connectivity index (χ1n) is 6.70. The number of benzene rings is 2. The average molecular weight is 393 g/mol. The molecule has 23 heavy (non-hydrogen) atoms. The fraction of sp³-hybridized carbons (Fsp3) is 0.0625. The SMILES string of the molecule is Clc1ccc(-c2nnc(CO/N=C\c3ccccc3Br)o2)cc1. The molecule has 0 unspecified atom stereocenters. The van der Waals surface area contributed by atoms with Gasteiger partial charge in [-0.2, -0.15) is 0 Å². The molecule has 0 spiro atoms. The minimum atomic E-state index is 0.0988. The molecule has 5 nitrogen and oxygen atoms in total. The number of aromatic nitrogens is 2. The molecule has 0 saturated heterocycles. The van der Waals surface area contributed by atoms with Gasteiger partial charge in [-0.05, 0) is 30.3 Å². The third kappa shape index (κ3) is 4.18. The zero-order valence-electron chi connectivity index (χ0n) is 11.8. The van der Waals surface area contributed by atoms with E-state index in [9.17, 15) is 0 Å². The Kier molecular flexibility index (Phi) is 5.05. The van der Waals surface area contributed by atoms with Gasteiger partial charge in [0.05, 0.1) is 6.21 Å². The second-order valence-corrected chi connectivity index (χ2v) is 5.83. The van der Waals surface area contributed by atoms with E-state index in [4.69, 9.17) is 20.9 Å². The van der Waals surface area contributed by atoms with Gasteiger partial charge in [-0.15, -0.1) is 10.2 Å². The second kappa shape index (κ2) is 7.39. The maximum Gasteiger partial charge on any atom is 0.257 e. The van der Waals surface area contributed by atoms with E-state index in [-0.39, 0.29) is 6.61 Å². The molecule has 116 valence electrons. The van der Waals surface area contributed by atoms with E-state index >= 15 is 0 Å². The first kappa shape index (κ1) is 15.7. The fourth-order valence-corrected chi connectivity index (χ4v) is 2.30. The molecule has 0 amide bonds. The van der Waals surface area contributed by atoms with Gasteiger partial charge < -0.3 is 9.25 Å². The largest absolute Gasteiger partial charge is 0.417 e. The molecule has 7 heteroatoms. The van der Waals surface area contributed by atoms with Crippen molar-refractivity contribution >= 4 is 33.7 Å². The average Bonchev–Trinajstić information content (AvgIpc) is 3.03. The Morgan fingerprint density at radius 2 is 1.91 bits per heavy atom. The van der Waals surface area contributed by atoms with Gasteiger partial charge in [-0.3, -0.25) is 0 Å². The van der Waals surface area contributed by atoms with Crippen LogP contribution in [-0.4, -0.2) is 16.4 Å². The molecule has 0 aliphatic carbocycles. The van der Waals surface area contributed by atoms with Crippen molar-refractivity contribution in [3.8, 4) is 11.5 Å². The predicted octanol–water partition coefficient (Wildman–Crippen LogP) is 4.70. The van der Waals surface area contributed by atoms with Crippen LogP contribution in [0.5, 0.6) is 0 Å². The van der Waals surface area contributed by atoms with E-state index in [1.54, 1.807) is 18.3 Å². The molecule has 0 radical (unpaired) electrons. The highest BCUT2D eigenvalue weighted by Gasteiger charge is 2.08. The molecule has 0 aliphatic heterocycles. The third-order valence-corrected chi connectivity index (χ3v) is 3.89. The number of hydrogen-bond acceptors (Lipinski definition) is 5. The Bertz CT molecular complexity index is 818. The van der Waals surface area contributed by atoms with Crippen molar-refractivity contribution in [1.82, 2.24) is 10.2 Å². The molecule has 3 aromatic rings. The van der Waals surface area contributed by atoms with Crippen LogP contribution >= 0.6 is 27.5 Å². The molecule has 0 aliphatic rings. The fourth-order valence-electron chi connectivity index (χ4n) is 1.79. The number of hydrogen-bond donors (Lipinski definition) is 0. The third-order valence-electron chi connectivity index (χ3n) is 2.92. The maximum absolute atomic E-state index is 5.84. The molecular formula is C16H11BrClN3O2. The smallest absolute Gasteiger partial charge is 0.257 e. The van der Waals surface area contributed by atoms with Crippen LogP contribution in [0.4, 0.5) is 0 Å². The zero-order chi connectivity index (χ0) is 16.1. The predicted molar refractivity (Wildman–Crippen MR) is 91.3 cm³/mol. The van der Waals surface area contributed by atoms with Crippen LogP contribution in [0.3, 0.4) is 0 Å². The molecule has 2 aromatic carbocycles. The van der Waals surface area contributed by atoms with Crippen LogP contribution in [0.25, 0.3) is 11.5 Å². The molecule has 1 heterocycles. The maximum atomic E-state index is 5.84. The van der Waals surface area contributed by atoms with E-state index in [2.05, 4.69) is 31.3 Å². The lowest BCUT2D eigenvalue weighted by Crippen LogP contribution is -1.89. The molecule has 0 atom stereocenters. The number of nitrogens with zero attached hydrogens (tertiary/aromatic N) is 3. The van der Waals surface area contributed by atoms with Crippen LogP contribution in [0.1, 0.15) is 11.5 Å². The number of halogens is 2. The van der Waals surface area contributed by atoms with E-state index in [1.165, 1.54) is 0 Å². The summed E-state index contributed by atoms with van der Waals surface area (Å²) >= 11 is 9.28. The number of rotatable bonds is 5. The lowest BCUT2D eigenvalue weighted by Gasteiger charge is -1.97. The van der Waals surface area contributed by atoms with Gasteiger partial charge in [0.15, 0.2) is 6.61 Å². The highest BCUT2D eigenvalue weighted by Crippen LogP contribution is 2.20. The van der Waals surface area contributed by atoms with Gasteiger partial charge in [-0.1, -0.05) is 50.9 Å². The van der Waals surface area contributed by atoms with Gasteiger partial charge >= 0.3 is 0 Å². The van der Waals surface area contributed by atoms with Crippen LogP contribution in [0, 0.1) is 0 Å². The zero-order valence-corrected chi connectivity index (χ0v) is 14.2. The molecule has 1 aromatic heterocycles. The van der Waals surface area contributed by atoms with E-state index in [0.717, 1.165) is 15.6 Å². The Hall–Kier alpha value is -2.18. The lowest BCUT2D eigenvalue weighted by molar-refractivity contribution is 0.112. The second-order valence-electron chi connectivity index (χ2n) is 4.54. The Balaban J connectivity index is 1.59. The molecule has 0 bridgehead atoms. The van der Waals surface area contributed by atoms with E-state index in [0.29, 0.717) is 16.8 Å². The van der Waals surface area contributed by atoms with Gasteiger partial charge in [0.1, 0.15) is 0 Å². The Labute approximate surface area is 146 Å². The minimum absolute atomic E-state index is 0.0988. The summed E-state index contributed by atoms with van der Waals surface area (Å²) in [6.45, 7) is 0.0988. The summed E-state index contributed by atoms with van der Waals surface area (Å²) in [7, 11) is 0. The van der Waals surface area contributed by atoms with Crippen molar-refractivity contribution < 1.29 is 9.25 Å². The van der Waals surface area contributed by atoms with Crippen LogP contribution in [0.2, 0.25) is 5.02 Å². The lowest BCUT2D eigenvalue weighted by atomic mass is 10.2. The van der Waals surface area contributed by atoms with Gasteiger partial charge in [0.2, 0.25) is 5.89 Å². The summed E-state index contributed by atoms with van der Waals surface area (Å²) in [5.74, 6) is 0.759. The summed E-state index contributed by atoms with van der Waals surface area (Å²) in [6, 6.07) is 14.8. The van der Waals surface area contributed by atoms with Crippen LogP contribution < -0.4 is 0 Å². The van der Waals surface area contributed by atoms with Crippen molar-refractivity contribution in [3.63, 3.8) is 0 Å². The molecule has 3 rings (SSSR count). The molecular weight excluding hydrogens is 382 g/mol. The summed E-state index contributed by atoms with van der Waals surface area (Å²) in [5.41, 5.74) is 1.71. The Morgan fingerprint density at radius 3 is 2.70 bits per heavy atom. The normalized spacial score (nSPS) is 11.0. The van der Waals surface area contributed by atoms with Crippen molar-refractivity contribution in [3.05, 3.63) is 69.5 Å². The van der Waals surface area contributed by atoms with Gasteiger partial charge in [0, 0.05) is 20.6 Å². The first-order valence-corrected chi connectivity index (χ1v) is 7.87. The van der Waals surface area contributed by atoms with Gasteiger partial charge in [0.25, 0.3) is 5.89 Å². The van der Waals surface area contributed by atoms with Crippen molar-refractivity contribution in [2.75, 3.05) is 0 Å². The summed E-state index contributed by atoms with van der Waals surface area (Å²) < 4.78 is 6.45. The van der Waals surface area contributed by atoms with Crippen LogP contribution in [0.15, 0.2) is 62.6 Å². The standard InChI is InChI=1S/C16H11BrClN3O2/c17-14-4-2-1-3-12(14)9-19-22-10-15-20-21-16(23-15)11-5-7-13(18)8-6-11/h1-9H,10H2/b19-9-. The van der Waals surface area contributed by atoms with E-state index < -0.39 is 0 Å². The first-order chi connectivity index (χ1) is 11.2. The summed E-state index contributed by atoms with van der Waals surface area (Å²) in [5, 5.41) is 12.4. The summed E-state index contributed by atoms with van der Waals surface area (Å²) in [6.07, 6.45) is 1.61. The van der Waals surface area contributed by atoms with Crippen molar-refractivity contribution in [2.45, 2.75) is 6.61 Å². The van der Waals surface area contributed by atoms with Crippen LogP contribution in [-0.2, 0) is 11.4 Å². The number of oxime groups is 1. The van der Waals surface area contributed by atoms with Crippen molar-refractivity contribution in [2.24, 2.45) is 5.16 Å². The molecule has 0 saturated carbocycles.